The van der Waals surface area contributed by atoms with Crippen LogP contribution in [-0.2, 0) is 22.9 Å². The summed E-state index contributed by atoms with van der Waals surface area (Å²) in [6, 6.07) is 8.26. The molecule has 5 heteroatoms. The Morgan fingerprint density at radius 2 is 2.00 bits per heavy atom. The van der Waals surface area contributed by atoms with Gasteiger partial charge in [-0.15, -0.1) is 0 Å². The van der Waals surface area contributed by atoms with Gasteiger partial charge in [0.2, 0.25) is 0 Å². The van der Waals surface area contributed by atoms with Gasteiger partial charge in [-0.25, -0.2) is 8.42 Å². The Morgan fingerprint density at radius 3 is 2.53 bits per heavy atom. The highest BCUT2D eigenvalue weighted by Crippen LogP contribution is 2.20. The van der Waals surface area contributed by atoms with E-state index in [1.807, 2.05) is 18.2 Å². The zero-order valence-electron chi connectivity index (χ0n) is 11.4. The van der Waals surface area contributed by atoms with E-state index in [0.717, 1.165) is 25.1 Å². The molecule has 2 rings (SSSR count). The number of hydrogen-bond acceptors (Lipinski definition) is 4. The van der Waals surface area contributed by atoms with Gasteiger partial charge in [-0.1, -0.05) is 31.2 Å². The van der Waals surface area contributed by atoms with Gasteiger partial charge in [0.1, 0.15) is 0 Å². The number of nitrogens with two attached hydrogens (primary N) is 1. The van der Waals surface area contributed by atoms with Gasteiger partial charge in [-0.05, 0) is 24.1 Å². The molecule has 1 aliphatic rings. The fourth-order valence-corrected chi connectivity index (χ4v) is 4.45. The summed E-state index contributed by atoms with van der Waals surface area (Å²) in [7, 11) is -2.82. The maximum absolute atomic E-state index is 11.6. The molecule has 1 aromatic rings. The van der Waals surface area contributed by atoms with Crippen LogP contribution >= 0.6 is 0 Å². The summed E-state index contributed by atoms with van der Waals surface area (Å²) in [5, 5.41) is 0. The highest BCUT2D eigenvalue weighted by molar-refractivity contribution is 7.91. The maximum Gasteiger partial charge on any atom is 0.151 e. The fraction of sp³-hybridized carbons (Fsp3) is 0.571. The Balaban J connectivity index is 2.11. The summed E-state index contributed by atoms with van der Waals surface area (Å²) in [5.74, 6) is 0.623. The van der Waals surface area contributed by atoms with Crippen molar-refractivity contribution in [2.45, 2.75) is 32.5 Å². The Labute approximate surface area is 115 Å². The quantitative estimate of drug-likeness (QED) is 0.880. The van der Waals surface area contributed by atoms with Crippen molar-refractivity contribution in [3.05, 3.63) is 35.4 Å². The van der Waals surface area contributed by atoms with Crippen LogP contribution in [0.3, 0.4) is 0 Å². The predicted molar refractivity (Wildman–Crippen MR) is 77.5 cm³/mol. The van der Waals surface area contributed by atoms with Crippen LogP contribution in [0.1, 0.15) is 24.5 Å². The molecule has 2 N–H and O–H groups in total. The van der Waals surface area contributed by atoms with Crippen LogP contribution in [0, 0.1) is 0 Å². The lowest BCUT2D eigenvalue weighted by Crippen LogP contribution is -2.35. The third kappa shape index (κ3) is 3.55. The Kier molecular flexibility index (Phi) is 4.60. The highest BCUT2D eigenvalue weighted by atomic mass is 32.2. The van der Waals surface area contributed by atoms with Gasteiger partial charge in [0.05, 0.1) is 11.5 Å². The summed E-state index contributed by atoms with van der Waals surface area (Å²) in [4.78, 5) is 2.25. The molecular formula is C14H22N2O2S. The molecule has 0 spiro atoms. The first-order chi connectivity index (χ1) is 9.05. The SMILES string of the molecule is CCN(Cc1ccccc1CN)C1CCS(=O)(=O)C1. The summed E-state index contributed by atoms with van der Waals surface area (Å²) < 4.78 is 23.2. The molecule has 4 nitrogen and oxygen atoms in total. The number of sulfone groups is 1. The molecular weight excluding hydrogens is 260 g/mol. The van der Waals surface area contributed by atoms with Crippen LogP contribution < -0.4 is 5.73 Å². The van der Waals surface area contributed by atoms with E-state index >= 15 is 0 Å². The number of benzene rings is 1. The molecule has 0 saturated carbocycles. The second-order valence-electron chi connectivity index (χ2n) is 5.09. The first kappa shape index (κ1) is 14.5. The molecule has 19 heavy (non-hydrogen) atoms. The van der Waals surface area contributed by atoms with E-state index in [2.05, 4.69) is 17.9 Å². The molecule has 1 atom stereocenters. The second-order valence-corrected chi connectivity index (χ2v) is 7.32. The van der Waals surface area contributed by atoms with E-state index in [0.29, 0.717) is 18.1 Å². The average molecular weight is 282 g/mol. The topological polar surface area (TPSA) is 63.4 Å². The normalized spacial score (nSPS) is 21.9. The lowest BCUT2D eigenvalue weighted by atomic mass is 10.1. The average Bonchev–Trinajstić information content (AvgIpc) is 2.76. The van der Waals surface area contributed by atoms with E-state index < -0.39 is 9.84 Å². The van der Waals surface area contributed by atoms with Crippen molar-refractivity contribution < 1.29 is 8.42 Å². The largest absolute Gasteiger partial charge is 0.326 e. The minimum Gasteiger partial charge on any atom is -0.326 e. The first-order valence-electron chi connectivity index (χ1n) is 6.77. The number of hydrogen-bond donors (Lipinski definition) is 1. The zero-order chi connectivity index (χ0) is 13.9. The lowest BCUT2D eigenvalue weighted by molar-refractivity contribution is 0.214. The molecule has 106 valence electrons. The molecule has 0 radical (unpaired) electrons. The van der Waals surface area contributed by atoms with Crippen molar-refractivity contribution in [3.63, 3.8) is 0 Å². The van der Waals surface area contributed by atoms with Gasteiger partial charge >= 0.3 is 0 Å². The molecule has 0 aromatic heterocycles. The molecule has 0 amide bonds. The Bertz CT molecular complexity index is 528. The second kappa shape index (κ2) is 6.03. The monoisotopic (exact) mass is 282 g/mol. The third-order valence-electron chi connectivity index (χ3n) is 3.84. The standard InChI is InChI=1S/C14H22N2O2S/c1-2-16(14-7-8-19(17,18)11-14)10-13-6-4-3-5-12(13)9-15/h3-6,14H,2,7-11,15H2,1H3. The van der Waals surface area contributed by atoms with Gasteiger partial charge in [-0.2, -0.15) is 0 Å². The zero-order valence-corrected chi connectivity index (χ0v) is 12.2. The van der Waals surface area contributed by atoms with Crippen molar-refractivity contribution in [1.29, 1.82) is 0 Å². The van der Waals surface area contributed by atoms with Crippen LogP contribution in [0.25, 0.3) is 0 Å². The van der Waals surface area contributed by atoms with Crippen molar-refractivity contribution in [2.24, 2.45) is 5.73 Å². The first-order valence-corrected chi connectivity index (χ1v) is 8.59. The Hall–Kier alpha value is -0.910. The Morgan fingerprint density at radius 1 is 1.32 bits per heavy atom. The van der Waals surface area contributed by atoms with Crippen LogP contribution in [0.4, 0.5) is 0 Å². The third-order valence-corrected chi connectivity index (χ3v) is 5.59. The summed E-state index contributed by atoms with van der Waals surface area (Å²) in [6.45, 7) is 4.25. The minimum absolute atomic E-state index is 0.154. The van der Waals surface area contributed by atoms with Gasteiger partial charge in [0.15, 0.2) is 9.84 Å². The van der Waals surface area contributed by atoms with Gasteiger partial charge in [-0.3, -0.25) is 4.90 Å². The molecule has 1 fully saturated rings. The number of rotatable bonds is 5. The van der Waals surface area contributed by atoms with Crippen LogP contribution in [0.5, 0.6) is 0 Å². The molecule has 1 unspecified atom stereocenters. The van der Waals surface area contributed by atoms with Crippen molar-refractivity contribution in [2.75, 3.05) is 18.1 Å². The minimum atomic E-state index is -2.82. The molecule has 1 aliphatic heterocycles. The summed E-state index contributed by atoms with van der Waals surface area (Å²) in [5.41, 5.74) is 8.10. The van der Waals surface area contributed by atoms with Gasteiger partial charge in [0.25, 0.3) is 0 Å². The van der Waals surface area contributed by atoms with Crippen molar-refractivity contribution in [1.82, 2.24) is 4.90 Å². The predicted octanol–water partition coefficient (Wildman–Crippen LogP) is 1.15. The number of nitrogens with zero attached hydrogens (tertiary/aromatic N) is 1. The molecule has 0 bridgehead atoms. The molecule has 0 aliphatic carbocycles. The van der Waals surface area contributed by atoms with Gasteiger partial charge in [0, 0.05) is 19.1 Å². The van der Waals surface area contributed by atoms with Gasteiger partial charge < -0.3 is 5.73 Å². The summed E-state index contributed by atoms with van der Waals surface area (Å²) in [6.07, 6.45) is 0.751. The van der Waals surface area contributed by atoms with Crippen LogP contribution in [0.15, 0.2) is 24.3 Å². The maximum atomic E-state index is 11.6. The fourth-order valence-electron chi connectivity index (χ4n) is 2.69. The van der Waals surface area contributed by atoms with Crippen LogP contribution in [0.2, 0.25) is 0 Å². The van der Waals surface area contributed by atoms with E-state index in [4.69, 9.17) is 5.73 Å². The van der Waals surface area contributed by atoms with Crippen molar-refractivity contribution in [3.8, 4) is 0 Å². The van der Waals surface area contributed by atoms with E-state index in [9.17, 15) is 8.42 Å². The smallest absolute Gasteiger partial charge is 0.151 e. The van der Waals surface area contributed by atoms with Crippen molar-refractivity contribution >= 4 is 9.84 Å². The molecule has 1 saturated heterocycles. The lowest BCUT2D eigenvalue weighted by Gasteiger charge is -2.27. The van der Waals surface area contributed by atoms with E-state index in [1.165, 1.54) is 5.56 Å². The van der Waals surface area contributed by atoms with E-state index in [1.54, 1.807) is 0 Å². The van der Waals surface area contributed by atoms with E-state index in [-0.39, 0.29) is 6.04 Å². The molecule has 1 heterocycles. The highest BCUT2D eigenvalue weighted by Gasteiger charge is 2.31. The molecule has 1 aromatic carbocycles. The summed E-state index contributed by atoms with van der Waals surface area (Å²) >= 11 is 0. The van der Waals surface area contributed by atoms with Crippen LogP contribution in [-0.4, -0.2) is 37.4 Å².